The Labute approximate surface area is 175 Å². The van der Waals surface area contributed by atoms with E-state index in [-0.39, 0.29) is 5.91 Å². The van der Waals surface area contributed by atoms with Crippen LogP contribution in [0.4, 0.5) is 5.13 Å². The maximum Gasteiger partial charge on any atom is 0.226 e. The van der Waals surface area contributed by atoms with Crippen LogP contribution < -0.4 is 5.32 Å². The lowest BCUT2D eigenvalue weighted by molar-refractivity contribution is -0.116. The monoisotopic (exact) mass is 405 g/mol. The molecule has 0 saturated heterocycles. The van der Waals surface area contributed by atoms with Gasteiger partial charge in [0.05, 0.1) is 18.2 Å². The molecule has 0 atom stereocenters. The number of nitrogens with one attached hydrogen (secondary N) is 1. The van der Waals surface area contributed by atoms with Crippen molar-refractivity contribution in [3.8, 4) is 6.07 Å². The summed E-state index contributed by atoms with van der Waals surface area (Å²) < 4.78 is 5.61. The van der Waals surface area contributed by atoms with Gasteiger partial charge in [0.2, 0.25) is 5.91 Å². The van der Waals surface area contributed by atoms with E-state index in [0.717, 1.165) is 23.3 Å². The van der Waals surface area contributed by atoms with Gasteiger partial charge in [-0.1, -0.05) is 42.5 Å². The summed E-state index contributed by atoms with van der Waals surface area (Å²) in [6.45, 7) is 1.24. The van der Waals surface area contributed by atoms with Gasteiger partial charge in [0.15, 0.2) is 5.13 Å². The lowest BCUT2D eigenvalue weighted by Gasteiger charge is -2.05. The van der Waals surface area contributed by atoms with Crippen molar-refractivity contribution in [3.05, 3.63) is 82.4 Å². The minimum absolute atomic E-state index is 0.0454. The van der Waals surface area contributed by atoms with Crippen molar-refractivity contribution in [2.45, 2.75) is 25.7 Å². The number of anilines is 1. The van der Waals surface area contributed by atoms with E-state index in [1.54, 1.807) is 18.3 Å². The summed E-state index contributed by atoms with van der Waals surface area (Å²) in [5, 5.41) is 12.3. The zero-order valence-corrected chi connectivity index (χ0v) is 17.0. The van der Waals surface area contributed by atoms with Gasteiger partial charge in [-0.05, 0) is 36.1 Å². The average molecular weight is 406 g/mol. The van der Waals surface area contributed by atoms with Gasteiger partial charge < -0.3 is 10.1 Å². The fourth-order valence-electron chi connectivity index (χ4n) is 2.80. The normalized spacial score (nSPS) is 10.4. The van der Waals surface area contributed by atoms with Gasteiger partial charge in [-0.15, -0.1) is 11.3 Å². The standard InChI is InChI=1S/C23H23N3O2S/c24-16-20-10-8-19(9-11-20)15-21-17-25-23(29-21)26-22(27)7-4-13-28-14-12-18-5-2-1-3-6-18/h1-3,5-6,8-11,17H,4,7,12-15H2,(H,25,26,27). The molecule has 2 aromatic carbocycles. The van der Waals surface area contributed by atoms with Gasteiger partial charge >= 0.3 is 0 Å². The number of benzene rings is 2. The molecule has 3 rings (SSSR count). The van der Waals surface area contributed by atoms with E-state index in [0.29, 0.717) is 36.8 Å². The Balaban J connectivity index is 1.32. The molecule has 1 amide bonds. The van der Waals surface area contributed by atoms with Crippen molar-refractivity contribution in [3.63, 3.8) is 0 Å². The maximum atomic E-state index is 12.1. The summed E-state index contributed by atoms with van der Waals surface area (Å²) in [7, 11) is 0. The molecular formula is C23H23N3O2S. The quantitative estimate of drug-likeness (QED) is 0.501. The van der Waals surface area contributed by atoms with Crippen LogP contribution in [-0.2, 0) is 22.4 Å². The number of hydrogen-bond donors (Lipinski definition) is 1. The van der Waals surface area contributed by atoms with E-state index >= 15 is 0 Å². The number of thiazole rings is 1. The molecular weight excluding hydrogens is 382 g/mol. The van der Waals surface area contributed by atoms with E-state index in [1.807, 2.05) is 30.3 Å². The van der Waals surface area contributed by atoms with Crippen molar-refractivity contribution >= 4 is 22.4 Å². The summed E-state index contributed by atoms with van der Waals surface area (Å²) >= 11 is 1.47. The van der Waals surface area contributed by atoms with E-state index in [2.05, 4.69) is 28.5 Å². The predicted octanol–water partition coefficient (Wildman–Crippen LogP) is 4.58. The van der Waals surface area contributed by atoms with Crippen LogP contribution in [0, 0.1) is 11.3 Å². The molecule has 1 N–H and O–H groups in total. The van der Waals surface area contributed by atoms with Crippen molar-refractivity contribution in [2.24, 2.45) is 0 Å². The first-order valence-corrected chi connectivity index (χ1v) is 10.4. The first-order valence-electron chi connectivity index (χ1n) is 9.58. The Morgan fingerprint density at radius 2 is 1.86 bits per heavy atom. The molecule has 5 nitrogen and oxygen atoms in total. The highest BCUT2D eigenvalue weighted by Crippen LogP contribution is 2.21. The number of hydrogen-bond acceptors (Lipinski definition) is 5. The molecule has 0 spiro atoms. The zero-order valence-electron chi connectivity index (χ0n) is 16.1. The molecule has 0 aliphatic rings. The number of amides is 1. The van der Waals surface area contributed by atoms with E-state index in [9.17, 15) is 4.79 Å². The third-order valence-electron chi connectivity index (χ3n) is 4.33. The number of carbonyl (C=O) groups is 1. The highest BCUT2D eigenvalue weighted by molar-refractivity contribution is 7.15. The molecule has 0 saturated carbocycles. The lowest BCUT2D eigenvalue weighted by atomic mass is 10.1. The highest BCUT2D eigenvalue weighted by atomic mass is 32.1. The average Bonchev–Trinajstić information content (AvgIpc) is 3.18. The molecule has 1 aromatic heterocycles. The van der Waals surface area contributed by atoms with Gasteiger partial charge in [0.25, 0.3) is 0 Å². The van der Waals surface area contributed by atoms with Crippen LogP contribution in [-0.4, -0.2) is 24.1 Å². The van der Waals surface area contributed by atoms with Gasteiger partial charge in [-0.2, -0.15) is 5.26 Å². The fourth-order valence-corrected chi connectivity index (χ4v) is 3.66. The predicted molar refractivity (Wildman–Crippen MR) is 115 cm³/mol. The summed E-state index contributed by atoms with van der Waals surface area (Å²) in [5.41, 5.74) is 3.01. The maximum absolute atomic E-state index is 12.1. The number of nitriles is 1. The largest absolute Gasteiger partial charge is 0.381 e. The van der Waals surface area contributed by atoms with Gasteiger partial charge in [-0.25, -0.2) is 4.98 Å². The first-order chi connectivity index (χ1) is 14.2. The third-order valence-corrected chi connectivity index (χ3v) is 5.24. The van der Waals surface area contributed by atoms with Crippen molar-refractivity contribution in [1.82, 2.24) is 4.98 Å². The Hall–Kier alpha value is -3.01. The third kappa shape index (κ3) is 7.15. The summed E-state index contributed by atoms with van der Waals surface area (Å²) in [4.78, 5) is 17.4. The first kappa shape index (κ1) is 20.7. The van der Waals surface area contributed by atoms with Crippen molar-refractivity contribution in [2.75, 3.05) is 18.5 Å². The van der Waals surface area contributed by atoms with Crippen LogP contribution in [0.2, 0.25) is 0 Å². The molecule has 0 unspecified atom stereocenters. The van der Waals surface area contributed by atoms with Gasteiger partial charge in [-0.3, -0.25) is 4.79 Å². The van der Waals surface area contributed by atoms with Crippen LogP contribution >= 0.6 is 11.3 Å². The zero-order chi connectivity index (χ0) is 20.3. The summed E-state index contributed by atoms with van der Waals surface area (Å²) in [5.74, 6) is -0.0454. The highest BCUT2D eigenvalue weighted by Gasteiger charge is 2.07. The summed E-state index contributed by atoms with van der Waals surface area (Å²) in [6.07, 6.45) is 4.49. The second-order valence-corrected chi connectivity index (χ2v) is 7.73. The van der Waals surface area contributed by atoms with Crippen LogP contribution in [0.3, 0.4) is 0 Å². The Bertz CT molecular complexity index is 946. The number of aromatic nitrogens is 1. The molecule has 0 bridgehead atoms. The second kappa shape index (κ2) is 11.1. The topological polar surface area (TPSA) is 75.0 Å². The molecule has 148 valence electrons. The minimum Gasteiger partial charge on any atom is -0.381 e. The van der Waals surface area contributed by atoms with Crippen LogP contribution in [0.5, 0.6) is 0 Å². The molecule has 0 aliphatic carbocycles. The molecule has 0 aliphatic heterocycles. The Kier molecular flexibility index (Phi) is 7.93. The van der Waals surface area contributed by atoms with Gasteiger partial charge in [0, 0.05) is 30.5 Å². The van der Waals surface area contributed by atoms with Crippen LogP contribution in [0.15, 0.2) is 60.8 Å². The number of rotatable bonds is 10. The van der Waals surface area contributed by atoms with Crippen molar-refractivity contribution < 1.29 is 9.53 Å². The molecule has 1 heterocycles. The minimum atomic E-state index is -0.0454. The Morgan fingerprint density at radius 3 is 2.62 bits per heavy atom. The molecule has 6 heteroatoms. The fraction of sp³-hybridized carbons (Fsp3) is 0.261. The number of carbonyl (C=O) groups excluding carboxylic acids is 1. The van der Waals surface area contributed by atoms with E-state index in [4.69, 9.17) is 10.00 Å². The SMILES string of the molecule is N#Cc1ccc(Cc2cnc(NC(=O)CCCOCCc3ccccc3)s2)cc1. The number of nitrogens with zero attached hydrogens (tertiary/aromatic N) is 2. The van der Waals surface area contributed by atoms with E-state index in [1.165, 1.54) is 16.9 Å². The van der Waals surface area contributed by atoms with Gasteiger partial charge in [0.1, 0.15) is 0 Å². The second-order valence-electron chi connectivity index (χ2n) is 6.62. The number of ether oxygens (including phenoxy) is 1. The summed E-state index contributed by atoms with van der Waals surface area (Å²) in [6, 6.07) is 19.8. The van der Waals surface area contributed by atoms with Crippen LogP contribution in [0.25, 0.3) is 0 Å². The molecule has 0 radical (unpaired) electrons. The van der Waals surface area contributed by atoms with Crippen molar-refractivity contribution in [1.29, 1.82) is 5.26 Å². The smallest absolute Gasteiger partial charge is 0.226 e. The molecule has 0 fully saturated rings. The van der Waals surface area contributed by atoms with E-state index < -0.39 is 0 Å². The molecule has 29 heavy (non-hydrogen) atoms. The van der Waals surface area contributed by atoms with Crippen LogP contribution in [0.1, 0.15) is 34.4 Å². The Morgan fingerprint density at radius 1 is 1.07 bits per heavy atom. The lowest BCUT2D eigenvalue weighted by Crippen LogP contribution is -2.12. The molecule has 3 aromatic rings.